The van der Waals surface area contributed by atoms with Gasteiger partial charge in [0.05, 0.1) is 22.5 Å². The number of ether oxygens (including phenoxy) is 1. The number of aliphatic hydroxyl groups is 1. The molecular weight excluding hydrogens is 500 g/mol. The third-order valence-corrected chi connectivity index (χ3v) is 9.78. The molecule has 0 amide bonds. The molecule has 0 aliphatic carbocycles. The molecular formula is C23H33ClN2O6S2. The lowest BCUT2D eigenvalue weighted by Gasteiger charge is -2.33. The van der Waals surface area contributed by atoms with E-state index in [2.05, 4.69) is 0 Å². The number of rotatable bonds is 12. The van der Waals surface area contributed by atoms with Gasteiger partial charge in [-0.3, -0.25) is 0 Å². The molecule has 8 nitrogen and oxygen atoms in total. The first-order valence-corrected chi connectivity index (χ1v) is 14.0. The van der Waals surface area contributed by atoms with Gasteiger partial charge in [-0.25, -0.2) is 16.8 Å². The van der Waals surface area contributed by atoms with Crippen molar-refractivity contribution in [1.82, 2.24) is 8.61 Å². The number of likely N-dealkylation sites (N-methyl/N-ethyl adjacent to an activating group) is 1. The molecule has 0 unspecified atom stereocenters. The summed E-state index contributed by atoms with van der Waals surface area (Å²) in [6, 6.07) is 11.8. The highest BCUT2D eigenvalue weighted by molar-refractivity contribution is 7.89. The van der Waals surface area contributed by atoms with E-state index in [-0.39, 0.29) is 34.5 Å². The van der Waals surface area contributed by atoms with Crippen LogP contribution in [0.2, 0.25) is 5.02 Å². The summed E-state index contributed by atoms with van der Waals surface area (Å²) in [5.74, 6) is -0.399. The Kier molecular flexibility index (Phi) is 10.1. The monoisotopic (exact) mass is 532 g/mol. The van der Waals surface area contributed by atoms with Crippen molar-refractivity contribution in [3.8, 4) is 0 Å². The molecule has 2 aromatic rings. The van der Waals surface area contributed by atoms with Crippen molar-refractivity contribution in [3.63, 3.8) is 0 Å². The van der Waals surface area contributed by atoms with Gasteiger partial charge in [-0.1, -0.05) is 42.3 Å². The number of nitrogens with zero attached hydrogens (tertiary/aromatic N) is 2. The van der Waals surface area contributed by atoms with Crippen molar-refractivity contribution < 1.29 is 26.7 Å². The summed E-state index contributed by atoms with van der Waals surface area (Å²) in [4.78, 5) is 0.183. The molecule has 0 heterocycles. The molecule has 0 radical (unpaired) electrons. The van der Waals surface area contributed by atoms with Crippen LogP contribution in [0.4, 0.5) is 0 Å². The van der Waals surface area contributed by atoms with Gasteiger partial charge in [-0.05, 0) is 50.1 Å². The number of aliphatic hydroxyl groups excluding tert-OH is 1. The number of methoxy groups -OCH3 is 1. The van der Waals surface area contributed by atoms with Crippen LogP contribution in [0.5, 0.6) is 0 Å². The summed E-state index contributed by atoms with van der Waals surface area (Å²) in [6.07, 6.45) is -0.604. The number of sulfonamides is 2. The average Bonchev–Trinajstić information content (AvgIpc) is 2.80. The van der Waals surface area contributed by atoms with Crippen LogP contribution in [0.1, 0.15) is 19.4 Å². The van der Waals surface area contributed by atoms with Gasteiger partial charge >= 0.3 is 0 Å². The molecule has 0 spiro atoms. The molecule has 0 saturated heterocycles. The normalized spacial score (nSPS) is 15.4. The van der Waals surface area contributed by atoms with Crippen LogP contribution < -0.4 is 0 Å². The van der Waals surface area contributed by atoms with Gasteiger partial charge in [-0.2, -0.15) is 8.61 Å². The van der Waals surface area contributed by atoms with E-state index in [9.17, 15) is 21.9 Å². The molecule has 0 aliphatic rings. The fraction of sp³-hybridized carbons (Fsp3) is 0.478. The predicted molar refractivity (Wildman–Crippen MR) is 133 cm³/mol. The quantitative estimate of drug-likeness (QED) is 0.450. The fourth-order valence-electron chi connectivity index (χ4n) is 3.50. The second-order valence-corrected chi connectivity index (χ2v) is 12.8. The number of hydrogen-bond acceptors (Lipinski definition) is 6. The van der Waals surface area contributed by atoms with Crippen LogP contribution in [0, 0.1) is 12.8 Å². The molecule has 2 rings (SSSR count). The highest BCUT2D eigenvalue weighted by Gasteiger charge is 2.34. The average molecular weight is 533 g/mol. The molecule has 1 N–H and O–H groups in total. The van der Waals surface area contributed by atoms with E-state index in [1.165, 1.54) is 34.9 Å². The molecule has 0 fully saturated rings. The topological polar surface area (TPSA) is 104 Å². The lowest BCUT2D eigenvalue weighted by atomic mass is 10.0. The van der Waals surface area contributed by atoms with Gasteiger partial charge in [0.25, 0.3) is 0 Å². The van der Waals surface area contributed by atoms with Crippen LogP contribution in [-0.2, 0) is 24.8 Å². The molecule has 2 aromatic carbocycles. The van der Waals surface area contributed by atoms with Crippen LogP contribution >= 0.6 is 11.6 Å². The van der Waals surface area contributed by atoms with E-state index in [0.717, 1.165) is 5.56 Å². The van der Waals surface area contributed by atoms with Crippen molar-refractivity contribution in [3.05, 3.63) is 59.1 Å². The van der Waals surface area contributed by atoms with Crippen LogP contribution in [0.3, 0.4) is 0 Å². The van der Waals surface area contributed by atoms with Gasteiger partial charge in [0.15, 0.2) is 0 Å². The van der Waals surface area contributed by atoms with Gasteiger partial charge in [0.2, 0.25) is 20.0 Å². The summed E-state index contributed by atoms with van der Waals surface area (Å²) in [7, 11) is -4.81. The van der Waals surface area contributed by atoms with Crippen molar-refractivity contribution in [2.24, 2.45) is 5.92 Å². The maximum Gasteiger partial charge on any atom is 0.243 e. The standard InChI is InChI=1S/C23H33ClN2O6S2/c1-17-9-11-21(12-10-17)33(28,29)25(4)15-23(32-5)18(2)14-26(19(3)16-27)34(30,31)22-8-6-7-20(24)13-22/h6-13,18-19,23,27H,14-16H2,1-5H3/t18-,19+,23-/m0/s1. The molecule has 0 aliphatic heterocycles. The smallest absolute Gasteiger partial charge is 0.243 e. The van der Waals surface area contributed by atoms with Crippen molar-refractivity contribution in [1.29, 1.82) is 0 Å². The number of halogens is 1. The van der Waals surface area contributed by atoms with E-state index in [1.807, 2.05) is 6.92 Å². The van der Waals surface area contributed by atoms with E-state index >= 15 is 0 Å². The Morgan fingerprint density at radius 3 is 2.12 bits per heavy atom. The van der Waals surface area contributed by atoms with Crippen LogP contribution in [0.25, 0.3) is 0 Å². The summed E-state index contributed by atoms with van der Waals surface area (Å²) in [5, 5.41) is 10.0. The molecule has 0 aromatic heterocycles. The minimum Gasteiger partial charge on any atom is -0.395 e. The van der Waals surface area contributed by atoms with Gasteiger partial charge in [0.1, 0.15) is 0 Å². The Morgan fingerprint density at radius 1 is 0.971 bits per heavy atom. The Hall–Kier alpha value is -1.53. The molecule has 190 valence electrons. The van der Waals surface area contributed by atoms with E-state index in [1.54, 1.807) is 50.2 Å². The number of hydrogen-bond donors (Lipinski definition) is 1. The third-order valence-electron chi connectivity index (χ3n) is 5.73. The molecule has 0 bridgehead atoms. The first-order valence-electron chi connectivity index (χ1n) is 10.8. The minimum atomic E-state index is -3.97. The van der Waals surface area contributed by atoms with E-state index in [0.29, 0.717) is 0 Å². The molecule has 11 heteroatoms. The molecule has 34 heavy (non-hydrogen) atoms. The Morgan fingerprint density at radius 2 is 1.59 bits per heavy atom. The Balaban J connectivity index is 2.26. The van der Waals surface area contributed by atoms with Crippen molar-refractivity contribution >= 4 is 31.6 Å². The van der Waals surface area contributed by atoms with Gasteiger partial charge in [-0.15, -0.1) is 0 Å². The summed E-state index contributed by atoms with van der Waals surface area (Å²) in [6.45, 7) is 4.90. The molecule has 3 atom stereocenters. The fourth-order valence-corrected chi connectivity index (χ4v) is 6.71. The Labute approximate surface area is 208 Å². The summed E-state index contributed by atoms with van der Waals surface area (Å²) in [5.41, 5.74) is 0.948. The van der Waals surface area contributed by atoms with Crippen molar-refractivity contribution in [2.45, 2.75) is 42.7 Å². The lowest BCUT2D eigenvalue weighted by molar-refractivity contribution is 0.0360. The van der Waals surface area contributed by atoms with E-state index < -0.39 is 38.1 Å². The molecule has 0 saturated carbocycles. The maximum atomic E-state index is 13.3. The van der Waals surface area contributed by atoms with Crippen LogP contribution in [0.15, 0.2) is 58.3 Å². The first kappa shape index (κ1) is 28.7. The largest absolute Gasteiger partial charge is 0.395 e. The SMILES string of the molecule is CO[C@@H](CN(C)S(=O)(=O)c1ccc(C)cc1)[C@@H](C)CN([C@H](C)CO)S(=O)(=O)c1cccc(Cl)c1. The number of aryl methyl sites for hydroxylation is 1. The summed E-state index contributed by atoms with van der Waals surface area (Å²) >= 11 is 5.99. The minimum absolute atomic E-state index is 0.00744. The second kappa shape index (κ2) is 11.9. The second-order valence-electron chi connectivity index (χ2n) is 8.41. The zero-order valence-electron chi connectivity index (χ0n) is 20.0. The third kappa shape index (κ3) is 6.78. The maximum absolute atomic E-state index is 13.3. The zero-order chi connectivity index (χ0) is 25.7. The summed E-state index contributed by atoms with van der Waals surface area (Å²) < 4.78 is 60.6. The van der Waals surface area contributed by atoms with Gasteiger partial charge in [0, 0.05) is 38.3 Å². The Bertz CT molecular complexity index is 1160. The van der Waals surface area contributed by atoms with Crippen LogP contribution in [-0.4, -0.2) is 76.6 Å². The lowest BCUT2D eigenvalue weighted by Crippen LogP contribution is -2.47. The van der Waals surface area contributed by atoms with E-state index in [4.69, 9.17) is 16.3 Å². The highest BCUT2D eigenvalue weighted by Crippen LogP contribution is 2.25. The van der Waals surface area contributed by atoms with Crippen molar-refractivity contribution in [2.75, 3.05) is 33.9 Å². The number of benzene rings is 2. The zero-order valence-corrected chi connectivity index (χ0v) is 22.4. The predicted octanol–water partition coefficient (Wildman–Crippen LogP) is 2.99. The first-order chi connectivity index (χ1) is 15.8. The van der Waals surface area contributed by atoms with Gasteiger partial charge < -0.3 is 9.84 Å². The highest BCUT2D eigenvalue weighted by atomic mass is 35.5.